The van der Waals surface area contributed by atoms with Gasteiger partial charge in [0.2, 0.25) is 0 Å². The molecule has 1 aromatic carbocycles. The number of hydrogen-bond donors (Lipinski definition) is 0. The van der Waals surface area contributed by atoms with E-state index in [9.17, 15) is 8.78 Å². The molecule has 1 unspecified atom stereocenters. The second kappa shape index (κ2) is 5.59. The Morgan fingerprint density at radius 1 is 1.20 bits per heavy atom. The molecule has 0 N–H and O–H groups in total. The van der Waals surface area contributed by atoms with Gasteiger partial charge in [0, 0.05) is 5.33 Å². The van der Waals surface area contributed by atoms with Gasteiger partial charge in [0.1, 0.15) is 0 Å². The lowest BCUT2D eigenvalue weighted by atomic mass is 9.91. The molecular formula is C12H15BrF2. The van der Waals surface area contributed by atoms with Crippen molar-refractivity contribution in [1.29, 1.82) is 0 Å². The third-order valence-electron chi connectivity index (χ3n) is 2.62. The van der Waals surface area contributed by atoms with Crippen LogP contribution < -0.4 is 0 Å². The van der Waals surface area contributed by atoms with Gasteiger partial charge in [0.05, 0.1) is 0 Å². The van der Waals surface area contributed by atoms with Gasteiger partial charge in [0.15, 0.2) is 11.6 Å². The van der Waals surface area contributed by atoms with Gasteiger partial charge in [-0.2, -0.15) is 0 Å². The Labute approximate surface area is 97.8 Å². The van der Waals surface area contributed by atoms with E-state index in [2.05, 4.69) is 29.8 Å². The predicted molar refractivity (Wildman–Crippen MR) is 62.2 cm³/mol. The number of benzene rings is 1. The van der Waals surface area contributed by atoms with Crippen LogP contribution in [0.25, 0.3) is 0 Å². The summed E-state index contributed by atoms with van der Waals surface area (Å²) in [6, 6.07) is 4.13. The van der Waals surface area contributed by atoms with Crippen LogP contribution in [-0.2, 0) is 6.42 Å². The van der Waals surface area contributed by atoms with Crippen molar-refractivity contribution in [2.75, 3.05) is 5.33 Å². The molecule has 0 heterocycles. The van der Waals surface area contributed by atoms with Crippen LogP contribution >= 0.6 is 15.9 Å². The minimum absolute atomic E-state index is 0.454. The van der Waals surface area contributed by atoms with Crippen molar-refractivity contribution in [2.24, 2.45) is 11.8 Å². The fourth-order valence-corrected chi connectivity index (χ4v) is 2.41. The van der Waals surface area contributed by atoms with E-state index in [1.54, 1.807) is 6.07 Å². The lowest BCUT2D eigenvalue weighted by molar-refractivity contribution is 0.425. The largest absolute Gasteiger partial charge is 0.204 e. The normalized spacial score (nSPS) is 13.2. The zero-order valence-corrected chi connectivity index (χ0v) is 10.5. The second-order valence-corrected chi connectivity index (χ2v) is 4.76. The van der Waals surface area contributed by atoms with Crippen LogP contribution in [0, 0.1) is 23.5 Å². The summed E-state index contributed by atoms with van der Waals surface area (Å²) in [7, 11) is 0. The molecule has 84 valence electrons. The molecular weight excluding hydrogens is 262 g/mol. The standard InChI is InChI=1S/C12H15BrF2/c1-8(2)10(7-13)5-9-3-4-11(14)12(15)6-9/h3-4,6,8,10H,5,7H2,1-2H3. The minimum Gasteiger partial charge on any atom is -0.204 e. The lowest BCUT2D eigenvalue weighted by Crippen LogP contribution is -2.13. The van der Waals surface area contributed by atoms with Crippen molar-refractivity contribution in [3.63, 3.8) is 0 Å². The number of alkyl halides is 1. The highest BCUT2D eigenvalue weighted by atomic mass is 79.9. The number of hydrogen-bond acceptors (Lipinski definition) is 0. The molecule has 1 atom stereocenters. The van der Waals surface area contributed by atoms with Gasteiger partial charge < -0.3 is 0 Å². The summed E-state index contributed by atoms with van der Waals surface area (Å²) in [6.07, 6.45) is 0.778. The van der Waals surface area contributed by atoms with Crippen molar-refractivity contribution in [2.45, 2.75) is 20.3 Å². The van der Waals surface area contributed by atoms with Crippen LogP contribution in [-0.4, -0.2) is 5.33 Å². The Morgan fingerprint density at radius 3 is 2.33 bits per heavy atom. The van der Waals surface area contributed by atoms with E-state index in [1.807, 2.05) is 0 Å². The van der Waals surface area contributed by atoms with E-state index in [0.29, 0.717) is 11.8 Å². The van der Waals surface area contributed by atoms with E-state index < -0.39 is 11.6 Å². The van der Waals surface area contributed by atoms with Crippen molar-refractivity contribution in [1.82, 2.24) is 0 Å². The molecule has 0 bridgehead atoms. The molecule has 0 radical (unpaired) electrons. The van der Waals surface area contributed by atoms with Gasteiger partial charge in [-0.15, -0.1) is 0 Å². The molecule has 0 aliphatic carbocycles. The zero-order chi connectivity index (χ0) is 11.4. The topological polar surface area (TPSA) is 0 Å². The van der Waals surface area contributed by atoms with E-state index in [0.717, 1.165) is 17.3 Å². The van der Waals surface area contributed by atoms with Crippen LogP contribution in [0.4, 0.5) is 8.78 Å². The molecule has 0 aromatic heterocycles. The molecule has 0 aliphatic heterocycles. The monoisotopic (exact) mass is 276 g/mol. The first-order chi connectivity index (χ1) is 7.04. The van der Waals surface area contributed by atoms with Crippen LogP contribution in [0.15, 0.2) is 18.2 Å². The number of halogens is 3. The highest BCUT2D eigenvalue weighted by Crippen LogP contribution is 2.20. The fraction of sp³-hybridized carbons (Fsp3) is 0.500. The average molecular weight is 277 g/mol. The molecule has 0 fully saturated rings. The zero-order valence-electron chi connectivity index (χ0n) is 8.93. The maximum atomic E-state index is 12.9. The predicted octanol–water partition coefficient (Wildman–Crippen LogP) is 4.17. The summed E-state index contributed by atoms with van der Waals surface area (Å²) in [4.78, 5) is 0. The molecule has 0 nitrogen and oxygen atoms in total. The Kier molecular flexibility index (Phi) is 4.71. The van der Waals surface area contributed by atoms with E-state index in [1.165, 1.54) is 12.1 Å². The summed E-state index contributed by atoms with van der Waals surface area (Å²) < 4.78 is 25.6. The Morgan fingerprint density at radius 2 is 1.87 bits per heavy atom. The fourth-order valence-electron chi connectivity index (χ4n) is 1.44. The summed E-state index contributed by atoms with van der Waals surface area (Å²) in [5.41, 5.74) is 0.854. The van der Waals surface area contributed by atoms with Crippen LogP contribution in [0.1, 0.15) is 19.4 Å². The molecule has 1 aromatic rings. The maximum absolute atomic E-state index is 12.9. The van der Waals surface area contributed by atoms with Gasteiger partial charge in [-0.05, 0) is 36.0 Å². The molecule has 0 amide bonds. The maximum Gasteiger partial charge on any atom is 0.159 e. The van der Waals surface area contributed by atoms with E-state index >= 15 is 0 Å². The molecule has 0 spiro atoms. The van der Waals surface area contributed by atoms with Gasteiger partial charge >= 0.3 is 0 Å². The van der Waals surface area contributed by atoms with Crippen molar-refractivity contribution < 1.29 is 8.78 Å². The number of rotatable bonds is 4. The summed E-state index contributed by atoms with van der Waals surface area (Å²) in [6.45, 7) is 4.26. The van der Waals surface area contributed by atoms with E-state index in [-0.39, 0.29) is 0 Å². The van der Waals surface area contributed by atoms with Gasteiger partial charge in [-0.3, -0.25) is 0 Å². The van der Waals surface area contributed by atoms with Gasteiger partial charge in [-0.25, -0.2) is 8.78 Å². The van der Waals surface area contributed by atoms with Crippen molar-refractivity contribution in [3.05, 3.63) is 35.4 Å². The summed E-state index contributed by atoms with van der Waals surface area (Å²) in [5, 5.41) is 0.879. The highest BCUT2D eigenvalue weighted by molar-refractivity contribution is 9.09. The van der Waals surface area contributed by atoms with Crippen LogP contribution in [0.5, 0.6) is 0 Å². The van der Waals surface area contributed by atoms with Crippen molar-refractivity contribution >= 4 is 15.9 Å². The smallest absolute Gasteiger partial charge is 0.159 e. The molecule has 0 aliphatic rings. The molecule has 0 saturated heterocycles. The van der Waals surface area contributed by atoms with E-state index in [4.69, 9.17) is 0 Å². The first-order valence-corrected chi connectivity index (χ1v) is 6.16. The Bertz CT molecular complexity index is 323. The van der Waals surface area contributed by atoms with Crippen LogP contribution in [0.3, 0.4) is 0 Å². The Balaban J connectivity index is 2.75. The first-order valence-electron chi connectivity index (χ1n) is 5.04. The van der Waals surface area contributed by atoms with Gasteiger partial charge in [-0.1, -0.05) is 35.8 Å². The molecule has 0 saturated carbocycles. The average Bonchev–Trinajstić information content (AvgIpc) is 2.19. The quantitative estimate of drug-likeness (QED) is 0.724. The molecule has 3 heteroatoms. The first kappa shape index (κ1) is 12.6. The highest BCUT2D eigenvalue weighted by Gasteiger charge is 2.13. The summed E-state index contributed by atoms with van der Waals surface area (Å²) >= 11 is 3.44. The lowest BCUT2D eigenvalue weighted by Gasteiger charge is -2.18. The molecule has 1 rings (SSSR count). The van der Waals surface area contributed by atoms with Crippen LogP contribution in [0.2, 0.25) is 0 Å². The molecule has 15 heavy (non-hydrogen) atoms. The third kappa shape index (κ3) is 3.56. The van der Waals surface area contributed by atoms with Crippen molar-refractivity contribution in [3.8, 4) is 0 Å². The Hall–Kier alpha value is -0.440. The summed E-state index contributed by atoms with van der Waals surface area (Å²) in [5.74, 6) is -0.560. The SMILES string of the molecule is CC(C)C(CBr)Cc1ccc(F)c(F)c1. The third-order valence-corrected chi connectivity index (χ3v) is 3.45. The second-order valence-electron chi connectivity index (χ2n) is 4.11. The minimum atomic E-state index is -0.779. The van der Waals surface area contributed by atoms with Gasteiger partial charge in [0.25, 0.3) is 0 Å².